The minimum atomic E-state index is -2.14. The van der Waals surface area contributed by atoms with Crippen LogP contribution in [0.15, 0.2) is 91.0 Å². The third kappa shape index (κ3) is 4.58. The summed E-state index contributed by atoms with van der Waals surface area (Å²) in [6.07, 6.45) is 0.762. The Hall–Kier alpha value is -2.31. The summed E-state index contributed by atoms with van der Waals surface area (Å²) >= 11 is 0. The summed E-state index contributed by atoms with van der Waals surface area (Å²) in [5.41, 5.74) is 1.22. The van der Waals surface area contributed by atoms with Crippen LogP contribution in [0.5, 0.6) is 11.5 Å². The molecule has 0 fully saturated rings. The second-order valence-electron chi connectivity index (χ2n) is 5.47. The highest BCUT2D eigenvalue weighted by atomic mass is 31.2. The predicted octanol–water partition coefficient (Wildman–Crippen LogP) is 5.82. The molecule has 0 N–H and O–H groups in total. The van der Waals surface area contributed by atoms with E-state index in [2.05, 4.69) is 18.8 Å². The van der Waals surface area contributed by atoms with Crippen LogP contribution in [0.25, 0.3) is 0 Å². The summed E-state index contributed by atoms with van der Waals surface area (Å²) in [6, 6.07) is 30.1. The van der Waals surface area contributed by atoms with Gasteiger partial charge in [0.2, 0.25) is 0 Å². The number of rotatable bonds is 6. The van der Waals surface area contributed by atoms with Gasteiger partial charge in [0.15, 0.2) is 17.7 Å². The van der Waals surface area contributed by atoms with Gasteiger partial charge in [-0.15, -0.1) is 0 Å². The minimum absolute atomic E-state index is 0.762. The highest BCUT2D eigenvalue weighted by Gasteiger charge is 2.39. The molecule has 2 nitrogen and oxygen atoms in total. The van der Waals surface area contributed by atoms with Crippen LogP contribution in [-0.2, 0) is 6.16 Å². The molecule has 0 atom stereocenters. The molecule has 3 aromatic rings. The van der Waals surface area contributed by atoms with Crippen molar-refractivity contribution in [2.75, 3.05) is 6.66 Å². The van der Waals surface area contributed by atoms with Gasteiger partial charge in [-0.1, -0.05) is 66.7 Å². The molecule has 116 valence electrons. The van der Waals surface area contributed by atoms with Crippen molar-refractivity contribution in [3.8, 4) is 11.5 Å². The van der Waals surface area contributed by atoms with Gasteiger partial charge in [0.1, 0.15) is 6.66 Å². The molecule has 0 aromatic heterocycles. The highest BCUT2D eigenvalue weighted by molar-refractivity contribution is 7.65. The Morgan fingerprint density at radius 3 is 1.43 bits per heavy atom. The van der Waals surface area contributed by atoms with E-state index >= 15 is 0 Å². The molecule has 0 saturated carbocycles. The SMILES string of the molecule is C[P+](Cc1ccccc1)(Oc1ccccc1)Oc1ccccc1. The van der Waals surface area contributed by atoms with Gasteiger partial charge in [-0.3, -0.25) is 0 Å². The normalized spacial score (nSPS) is 11.0. The van der Waals surface area contributed by atoms with Crippen molar-refractivity contribution in [3.05, 3.63) is 96.6 Å². The maximum absolute atomic E-state index is 6.30. The molecular formula is C20H20O2P+. The third-order valence-electron chi connectivity index (χ3n) is 3.40. The van der Waals surface area contributed by atoms with Crippen LogP contribution in [0.1, 0.15) is 5.56 Å². The molecule has 0 spiro atoms. The van der Waals surface area contributed by atoms with Gasteiger partial charge >= 0.3 is 7.72 Å². The molecular weight excluding hydrogens is 303 g/mol. The highest BCUT2D eigenvalue weighted by Crippen LogP contribution is 2.59. The van der Waals surface area contributed by atoms with Crippen molar-refractivity contribution < 1.29 is 9.05 Å². The Morgan fingerprint density at radius 1 is 0.609 bits per heavy atom. The first kappa shape index (κ1) is 15.6. The molecule has 0 aliphatic heterocycles. The summed E-state index contributed by atoms with van der Waals surface area (Å²) in [7, 11) is -2.14. The van der Waals surface area contributed by atoms with E-state index in [-0.39, 0.29) is 0 Å². The first-order chi connectivity index (χ1) is 11.2. The zero-order valence-corrected chi connectivity index (χ0v) is 14.0. The Balaban J connectivity index is 1.85. The Kier molecular flexibility index (Phi) is 4.95. The van der Waals surface area contributed by atoms with Crippen molar-refractivity contribution in [2.24, 2.45) is 0 Å². The van der Waals surface area contributed by atoms with Crippen LogP contribution in [0.3, 0.4) is 0 Å². The molecule has 0 radical (unpaired) electrons. The molecule has 3 heteroatoms. The Bertz CT molecular complexity index is 613. The molecule has 23 heavy (non-hydrogen) atoms. The second kappa shape index (κ2) is 7.30. The van der Waals surface area contributed by atoms with Crippen molar-refractivity contribution in [1.29, 1.82) is 0 Å². The first-order valence-corrected chi connectivity index (χ1v) is 9.88. The largest absolute Gasteiger partial charge is 0.365 e. The van der Waals surface area contributed by atoms with Crippen LogP contribution < -0.4 is 9.05 Å². The monoisotopic (exact) mass is 323 g/mol. The lowest BCUT2D eigenvalue weighted by molar-refractivity contribution is 0.466. The van der Waals surface area contributed by atoms with Crippen molar-refractivity contribution >= 4 is 7.72 Å². The van der Waals surface area contributed by atoms with E-state index in [4.69, 9.17) is 9.05 Å². The van der Waals surface area contributed by atoms with Gasteiger partial charge in [0, 0.05) is 0 Å². The van der Waals surface area contributed by atoms with E-state index in [0.717, 1.165) is 17.7 Å². The van der Waals surface area contributed by atoms with Crippen molar-refractivity contribution in [1.82, 2.24) is 0 Å². The van der Waals surface area contributed by atoms with Crippen LogP contribution in [0, 0.1) is 0 Å². The topological polar surface area (TPSA) is 18.5 Å². The smallest absolute Gasteiger partial charge is 0.310 e. The quantitative estimate of drug-likeness (QED) is 0.532. The molecule has 0 bridgehead atoms. The fourth-order valence-corrected chi connectivity index (χ4v) is 4.58. The molecule has 0 aliphatic carbocycles. The van der Waals surface area contributed by atoms with E-state index in [1.54, 1.807) is 0 Å². The molecule has 0 unspecified atom stereocenters. The van der Waals surface area contributed by atoms with Gasteiger partial charge in [0.05, 0.1) is 0 Å². The molecule has 0 saturated heterocycles. The van der Waals surface area contributed by atoms with Crippen LogP contribution in [-0.4, -0.2) is 6.66 Å². The lowest BCUT2D eigenvalue weighted by Crippen LogP contribution is -2.10. The molecule has 3 aromatic carbocycles. The minimum Gasteiger partial charge on any atom is -0.310 e. The lowest BCUT2D eigenvalue weighted by atomic mass is 10.2. The van der Waals surface area contributed by atoms with E-state index in [0.29, 0.717) is 0 Å². The fraction of sp³-hybridized carbons (Fsp3) is 0.100. The maximum atomic E-state index is 6.30. The zero-order chi connectivity index (χ0) is 16.0. The summed E-state index contributed by atoms with van der Waals surface area (Å²) in [6.45, 7) is 2.08. The Labute approximate surface area is 138 Å². The summed E-state index contributed by atoms with van der Waals surface area (Å²) in [5.74, 6) is 1.69. The summed E-state index contributed by atoms with van der Waals surface area (Å²) < 4.78 is 12.6. The van der Waals surface area contributed by atoms with Gasteiger partial charge < -0.3 is 9.05 Å². The van der Waals surface area contributed by atoms with Crippen molar-refractivity contribution in [2.45, 2.75) is 6.16 Å². The fourth-order valence-electron chi connectivity index (χ4n) is 2.41. The molecule has 0 aliphatic rings. The van der Waals surface area contributed by atoms with Gasteiger partial charge in [-0.05, 0) is 29.8 Å². The van der Waals surface area contributed by atoms with Gasteiger partial charge in [0.25, 0.3) is 0 Å². The maximum Gasteiger partial charge on any atom is 0.365 e. The number of para-hydroxylation sites is 2. The van der Waals surface area contributed by atoms with Gasteiger partial charge in [-0.25, -0.2) is 0 Å². The predicted molar refractivity (Wildman–Crippen MR) is 97.1 cm³/mol. The molecule has 0 amide bonds. The van der Waals surface area contributed by atoms with Crippen LogP contribution >= 0.6 is 7.72 Å². The second-order valence-corrected chi connectivity index (χ2v) is 8.18. The summed E-state index contributed by atoms with van der Waals surface area (Å²) in [4.78, 5) is 0. The summed E-state index contributed by atoms with van der Waals surface area (Å²) in [5, 5.41) is 0. The lowest BCUT2D eigenvalue weighted by Gasteiger charge is -2.21. The first-order valence-electron chi connectivity index (χ1n) is 7.62. The molecule has 3 rings (SSSR count). The van der Waals surface area contributed by atoms with Crippen LogP contribution in [0.4, 0.5) is 0 Å². The number of benzene rings is 3. The molecule has 0 heterocycles. The van der Waals surface area contributed by atoms with E-state index in [9.17, 15) is 0 Å². The van der Waals surface area contributed by atoms with E-state index in [1.165, 1.54) is 5.56 Å². The van der Waals surface area contributed by atoms with Crippen LogP contribution in [0.2, 0.25) is 0 Å². The third-order valence-corrected chi connectivity index (χ3v) is 5.53. The number of hydrogen-bond acceptors (Lipinski definition) is 2. The Morgan fingerprint density at radius 2 is 1.00 bits per heavy atom. The van der Waals surface area contributed by atoms with Gasteiger partial charge in [-0.2, -0.15) is 0 Å². The number of hydrogen-bond donors (Lipinski definition) is 0. The average molecular weight is 323 g/mol. The standard InChI is InChI=1S/C20H20O2P/c1-23(17-18-11-5-2-6-12-18,21-19-13-7-3-8-14-19)22-20-15-9-4-10-16-20/h2-16H,17H2,1H3/q+1. The van der Waals surface area contributed by atoms with E-state index in [1.807, 2.05) is 78.9 Å². The zero-order valence-electron chi connectivity index (χ0n) is 13.1. The average Bonchev–Trinajstić information content (AvgIpc) is 2.57. The van der Waals surface area contributed by atoms with E-state index < -0.39 is 7.72 Å². The van der Waals surface area contributed by atoms with Crippen molar-refractivity contribution in [3.63, 3.8) is 0 Å².